The second-order valence-corrected chi connectivity index (χ2v) is 13.1. The van der Waals surface area contributed by atoms with Crippen LogP contribution in [0, 0.1) is 19.8 Å². The molecule has 4 rings (SSSR count). The average molecular weight is 623 g/mol. The van der Waals surface area contributed by atoms with Crippen LogP contribution in [0.2, 0.25) is 10.0 Å². The SMILES string of the molecule is CCCCOc1nc(C)cc(C)c1CN1CCc2c(Cl)cc(C(F)C3CCN(C(=O)OC(C)(C)C)CC3)c(Cl)c2C1=O. The Kier molecular flexibility index (Phi) is 10.3. The molecule has 0 bridgehead atoms. The Morgan fingerprint density at radius 1 is 1.17 bits per heavy atom. The van der Waals surface area contributed by atoms with E-state index in [1.54, 1.807) is 15.9 Å². The molecule has 0 N–H and O–H groups in total. The van der Waals surface area contributed by atoms with E-state index in [1.807, 2.05) is 40.7 Å². The van der Waals surface area contributed by atoms with Crippen LogP contribution >= 0.6 is 23.2 Å². The minimum Gasteiger partial charge on any atom is -0.477 e. The first-order valence-corrected chi connectivity index (χ1v) is 15.6. The fourth-order valence-electron chi connectivity index (χ4n) is 5.61. The number of halogens is 3. The minimum absolute atomic E-state index is 0.115. The van der Waals surface area contributed by atoms with Crippen LogP contribution in [-0.4, -0.2) is 58.6 Å². The molecule has 1 unspecified atom stereocenters. The summed E-state index contributed by atoms with van der Waals surface area (Å²) in [7, 11) is 0. The number of carbonyl (C=O) groups excluding carboxylic acids is 2. The van der Waals surface area contributed by atoms with E-state index in [4.69, 9.17) is 32.7 Å². The van der Waals surface area contributed by atoms with E-state index >= 15 is 4.39 Å². The number of fused-ring (bicyclic) bond motifs is 1. The smallest absolute Gasteiger partial charge is 0.410 e. The van der Waals surface area contributed by atoms with Crippen LogP contribution < -0.4 is 4.74 Å². The summed E-state index contributed by atoms with van der Waals surface area (Å²) < 4.78 is 27.5. The van der Waals surface area contributed by atoms with E-state index < -0.39 is 17.9 Å². The van der Waals surface area contributed by atoms with Gasteiger partial charge >= 0.3 is 6.09 Å². The molecular weight excluding hydrogens is 580 g/mol. The summed E-state index contributed by atoms with van der Waals surface area (Å²) in [6, 6.07) is 3.55. The zero-order valence-corrected chi connectivity index (χ0v) is 27.0. The number of carbonyl (C=O) groups is 2. The fraction of sp³-hybridized carbons (Fsp3) is 0.594. The molecule has 2 aliphatic rings. The highest BCUT2D eigenvalue weighted by Crippen LogP contribution is 2.43. The first-order valence-electron chi connectivity index (χ1n) is 14.8. The van der Waals surface area contributed by atoms with E-state index in [-0.39, 0.29) is 28.0 Å². The number of unbranched alkanes of at least 4 members (excludes halogenated alkanes) is 1. The van der Waals surface area contributed by atoms with E-state index in [0.29, 0.717) is 68.5 Å². The zero-order valence-electron chi connectivity index (χ0n) is 25.5. The number of amides is 2. The van der Waals surface area contributed by atoms with Gasteiger partial charge in [-0.25, -0.2) is 14.2 Å². The van der Waals surface area contributed by atoms with Crippen molar-refractivity contribution in [2.45, 2.75) is 92.0 Å². The van der Waals surface area contributed by atoms with Crippen molar-refractivity contribution < 1.29 is 23.5 Å². The molecular formula is C32H42Cl2FN3O4. The molecule has 1 atom stereocenters. The summed E-state index contributed by atoms with van der Waals surface area (Å²) >= 11 is 13.5. The van der Waals surface area contributed by atoms with E-state index in [0.717, 1.165) is 29.7 Å². The Bertz CT molecular complexity index is 1320. The number of alkyl halides is 1. The number of hydrogen-bond donors (Lipinski definition) is 0. The van der Waals surface area contributed by atoms with Crippen LogP contribution in [0.5, 0.6) is 5.88 Å². The van der Waals surface area contributed by atoms with Crippen LogP contribution in [0.3, 0.4) is 0 Å². The molecule has 7 nitrogen and oxygen atoms in total. The number of nitrogens with zero attached hydrogens (tertiary/aromatic N) is 3. The first kappa shape index (κ1) is 32.3. The summed E-state index contributed by atoms with van der Waals surface area (Å²) in [5, 5.41) is 0.465. The predicted molar refractivity (Wildman–Crippen MR) is 163 cm³/mol. The first-order chi connectivity index (χ1) is 19.8. The zero-order chi connectivity index (χ0) is 30.8. The number of likely N-dealkylation sites (tertiary alicyclic amines) is 1. The number of piperidine rings is 1. The molecule has 3 heterocycles. The largest absolute Gasteiger partial charge is 0.477 e. The van der Waals surface area contributed by atoms with E-state index in [1.165, 1.54) is 0 Å². The second-order valence-electron chi connectivity index (χ2n) is 12.4. The number of aromatic nitrogens is 1. The highest BCUT2D eigenvalue weighted by molar-refractivity contribution is 6.37. The lowest BCUT2D eigenvalue weighted by Gasteiger charge is -2.35. The maximum absolute atomic E-state index is 16.1. The molecule has 1 aromatic carbocycles. The van der Waals surface area contributed by atoms with Gasteiger partial charge in [-0.05, 0) is 89.5 Å². The summed E-state index contributed by atoms with van der Waals surface area (Å²) in [6.07, 6.45) is 1.50. The molecule has 0 radical (unpaired) electrons. The van der Waals surface area contributed by atoms with Gasteiger partial charge < -0.3 is 19.3 Å². The number of rotatable bonds is 8. The third-order valence-corrected chi connectivity index (χ3v) is 8.65. The van der Waals surface area contributed by atoms with Crippen LogP contribution in [0.15, 0.2) is 12.1 Å². The molecule has 10 heteroatoms. The summed E-state index contributed by atoms with van der Waals surface area (Å²) in [6.45, 7) is 13.5. The quantitative estimate of drug-likeness (QED) is 0.279. The van der Waals surface area contributed by atoms with Gasteiger partial charge in [0.25, 0.3) is 5.91 Å². The van der Waals surface area contributed by atoms with E-state index in [9.17, 15) is 9.59 Å². The van der Waals surface area contributed by atoms with Crippen molar-refractivity contribution >= 4 is 35.2 Å². The fourth-order valence-corrected chi connectivity index (χ4v) is 6.27. The van der Waals surface area contributed by atoms with Gasteiger partial charge in [-0.2, -0.15) is 0 Å². The Hall–Kier alpha value is -2.58. The van der Waals surface area contributed by atoms with Crippen molar-refractivity contribution in [2.75, 3.05) is 26.2 Å². The molecule has 2 amide bonds. The topological polar surface area (TPSA) is 72.0 Å². The molecule has 0 spiro atoms. The number of aryl methyl sites for hydroxylation is 2. The third kappa shape index (κ3) is 7.31. The molecule has 230 valence electrons. The van der Waals surface area contributed by atoms with Crippen molar-refractivity contribution in [1.82, 2.24) is 14.8 Å². The Morgan fingerprint density at radius 3 is 2.50 bits per heavy atom. The lowest BCUT2D eigenvalue weighted by atomic mass is 9.86. The summed E-state index contributed by atoms with van der Waals surface area (Å²) in [5.41, 5.74) is 3.25. The van der Waals surface area contributed by atoms with Crippen LogP contribution in [0.1, 0.15) is 97.9 Å². The highest BCUT2D eigenvalue weighted by atomic mass is 35.5. The van der Waals surface area contributed by atoms with Gasteiger partial charge in [-0.15, -0.1) is 0 Å². The van der Waals surface area contributed by atoms with Crippen molar-refractivity contribution in [3.63, 3.8) is 0 Å². The Balaban J connectivity index is 1.53. The van der Waals surface area contributed by atoms with Crippen molar-refractivity contribution in [2.24, 2.45) is 5.92 Å². The molecule has 1 aromatic heterocycles. The number of hydrogen-bond acceptors (Lipinski definition) is 5. The molecule has 1 saturated heterocycles. The van der Waals surface area contributed by atoms with Crippen molar-refractivity contribution in [3.8, 4) is 5.88 Å². The maximum atomic E-state index is 16.1. The van der Waals surface area contributed by atoms with Crippen molar-refractivity contribution in [1.29, 1.82) is 0 Å². The Morgan fingerprint density at radius 2 is 1.86 bits per heavy atom. The van der Waals surface area contributed by atoms with Gasteiger partial charge in [0.2, 0.25) is 5.88 Å². The molecule has 2 aliphatic heterocycles. The predicted octanol–water partition coefficient (Wildman–Crippen LogP) is 8.04. The van der Waals surface area contributed by atoms with Gasteiger partial charge in [-0.1, -0.05) is 36.5 Å². The maximum Gasteiger partial charge on any atom is 0.410 e. The Labute approximate surface area is 258 Å². The number of pyridine rings is 1. The highest BCUT2D eigenvalue weighted by Gasteiger charge is 2.36. The summed E-state index contributed by atoms with van der Waals surface area (Å²) in [5.74, 6) is -0.107. The molecule has 1 fully saturated rings. The number of benzene rings is 1. The van der Waals surface area contributed by atoms with Gasteiger partial charge in [0, 0.05) is 41.5 Å². The van der Waals surface area contributed by atoms with E-state index in [2.05, 4.69) is 11.9 Å². The van der Waals surface area contributed by atoms with Gasteiger partial charge in [0.1, 0.15) is 11.8 Å². The lowest BCUT2D eigenvalue weighted by Crippen LogP contribution is -2.42. The molecule has 0 saturated carbocycles. The molecule has 2 aromatic rings. The van der Waals surface area contributed by atoms with Crippen LogP contribution in [-0.2, 0) is 17.7 Å². The number of ether oxygens (including phenoxy) is 2. The molecule has 42 heavy (non-hydrogen) atoms. The third-order valence-electron chi connectivity index (χ3n) is 7.90. The van der Waals surface area contributed by atoms with Gasteiger partial charge in [0.15, 0.2) is 0 Å². The summed E-state index contributed by atoms with van der Waals surface area (Å²) in [4.78, 5) is 34.3. The van der Waals surface area contributed by atoms with Gasteiger partial charge in [0.05, 0.1) is 23.7 Å². The van der Waals surface area contributed by atoms with Gasteiger partial charge in [-0.3, -0.25) is 4.79 Å². The van der Waals surface area contributed by atoms with Crippen molar-refractivity contribution in [3.05, 3.63) is 55.7 Å². The monoisotopic (exact) mass is 621 g/mol. The molecule has 0 aliphatic carbocycles. The minimum atomic E-state index is -1.42. The normalized spacial score (nSPS) is 16.8. The second kappa shape index (κ2) is 13.4. The van der Waals surface area contributed by atoms with Crippen LogP contribution in [0.4, 0.5) is 9.18 Å². The average Bonchev–Trinajstić information content (AvgIpc) is 2.92. The van der Waals surface area contributed by atoms with Crippen LogP contribution in [0.25, 0.3) is 0 Å². The lowest BCUT2D eigenvalue weighted by molar-refractivity contribution is 0.0143. The standard InChI is InChI=1S/C32H42Cl2FN3O4/c1-7-8-15-41-29-24(19(2)16-20(3)36-29)18-38-14-11-22-25(33)17-23(27(34)26(22)30(38)39)28(35)21-9-12-37(13-10-21)31(40)42-32(4,5)6/h16-17,21,28H,7-15,18H2,1-6H3.